The zero-order valence-electron chi connectivity index (χ0n) is 14.4. The van der Waals surface area contributed by atoms with E-state index in [0.29, 0.717) is 13.1 Å². The van der Waals surface area contributed by atoms with E-state index in [4.69, 9.17) is 10.5 Å². The second-order valence-corrected chi connectivity index (χ2v) is 5.92. The SMILES string of the molecule is COc1cccc(C(CNC(=O)C(C)CN)N2CCCC2)c1.Cl.Cl. The van der Waals surface area contributed by atoms with Gasteiger partial charge in [0.2, 0.25) is 5.91 Å². The molecule has 1 aromatic rings. The molecular formula is C17H29Cl2N3O2. The highest BCUT2D eigenvalue weighted by molar-refractivity contribution is 5.85. The van der Waals surface area contributed by atoms with Gasteiger partial charge in [-0.15, -0.1) is 24.8 Å². The molecule has 24 heavy (non-hydrogen) atoms. The molecule has 0 aliphatic carbocycles. The van der Waals surface area contributed by atoms with Gasteiger partial charge in [-0.1, -0.05) is 19.1 Å². The number of hydrogen-bond acceptors (Lipinski definition) is 4. The number of benzene rings is 1. The number of rotatable bonds is 7. The summed E-state index contributed by atoms with van der Waals surface area (Å²) in [6, 6.07) is 8.29. The third-order valence-electron chi connectivity index (χ3n) is 4.33. The number of nitrogens with zero attached hydrogens (tertiary/aromatic N) is 1. The molecule has 3 N–H and O–H groups in total. The number of amides is 1. The molecule has 1 aromatic carbocycles. The van der Waals surface area contributed by atoms with E-state index >= 15 is 0 Å². The highest BCUT2D eigenvalue weighted by Crippen LogP contribution is 2.27. The fraction of sp³-hybridized carbons (Fsp3) is 0.588. The fourth-order valence-corrected chi connectivity index (χ4v) is 2.84. The molecule has 2 rings (SSSR count). The minimum Gasteiger partial charge on any atom is -0.497 e. The molecule has 1 aliphatic heterocycles. The Morgan fingerprint density at radius 1 is 1.33 bits per heavy atom. The number of hydrogen-bond donors (Lipinski definition) is 2. The molecule has 5 nitrogen and oxygen atoms in total. The van der Waals surface area contributed by atoms with Crippen LogP contribution in [0.25, 0.3) is 0 Å². The first kappa shape index (κ1) is 23.0. The molecule has 0 aromatic heterocycles. The van der Waals surface area contributed by atoms with Gasteiger partial charge >= 0.3 is 0 Å². The number of carbonyl (C=O) groups is 1. The molecule has 1 aliphatic rings. The molecule has 0 spiro atoms. The summed E-state index contributed by atoms with van der Waals surface area (Å²) in [5, 5.41) is 3.04. The zero-order chi connectivity index (χ0) is 15.9. The Morgan fingerprint density at radius 3 is 2.58 bits per heavy atom. The van der Waals surface area contributed by atoms with E-state index in [1.807, 2.05) is 19.1 Å². The quantitative estimate of drug-likeness (QED) is 0.765. The Labute approximate surface area is 157 Å². The van der Waals surface area contributed by atoms with Gasteiger partial charge in [0.25, 0.3) is 0 Å². The van der Waals surface area contributed by atoms with Crippen LogP contribution in [0.15, 0.2) is 24.3 Å². The van der Waals surface area contributed by atoms with Crippen LogP contribution in [-0.4, -0.2) is 44.1 Å². The van der Waals surface area contributed by atoms with Crippen molar-refractivity contribution in [2.75, 3.05) is 33.3 Å². The predicted octanol–water partition coefficient (Wildman–Crippen LogP) is 2.39. The summed E-state index contributed by atoms with van der Waals surface area (Å²) in [6.45, 7) is 4.98. The van der Waals surface area contributed by atoms with Gasteiger partial charge in [0.15, 0.2) is 0 Å². The predicted molar refractivity (Wildman–Crippen MR) is 102 cm³/mol. The van der Waals surface area contributed by atoms with Crippen molar-refractivity contribution in [1.82, 2.24) is 10.2 Å². The molecule has 0 saturated carbocycles. The molecule has 1 amide bonds. The summed E-state index contributed by atoms with van der Waals surface area (Å²) < 4.78 is 5.33. The normalized spacial score (nSPS) is 16.5. The minimum atomic E-state index is -0.149. The van der Waals surface area contributed by atoms with Crippen molar-refractivity contribution in [3.8, 4) is 5.75 Å². The lowest BCUT2D eigenvalue weighted by atomic mass is 10.0. The Morgan fingerprint density at radius 2 is 2.00 bits per heavy atom. The lowest BCUT2D eigenvalue weighted by molar-refractivity contribution is -0.124. The van der Waals surface area contributed by atoms with E-state index in [-0.39, 0.29) is 42.7 Å². The van der Waals surface area contributed by atoms with Crippen molar-refractivity contribution in [1.29, 1.82) is 0 Å². The topological polar surface area (TPSA) is 67.6 Å². The lowest BCUT2D eigenvalue weighted by Crippen LogP contribution is -2.40. The molecule has 1 heterocycles. The molecule has 7 heteroatoms. The average molecular weight is 378 g/mol. The lowest BCUT2D eigenvalue weighted by Gasteiger charge is -2.29. The second kappa shape index (κ2) is 11.5. The fourth-order valence-electron chi connectivity index (χ4n) is 2.84. The molecule has 138 valence electrons. The Bertz CT molecular complexity index is 496. The third kappa shape index (κ3) is 6.13. The third-order valence-corrected chi connectivity index (χ3v) is 4.33. The van der Waals surface area contributed by atoms with Gasteiger partial charge in [0.05, 0.1) is 13.2 Å². The number of nitrogens with one attached hydrogen (secondary N) is 1. The highest BCUT2D eigenvalue weighted by Gasteiger charge is 2.24. The summed E-state index contributed by atoms with van der Waals surface area (Å²) in [4.78, 5) is 14.4. The second-order valence-electron chi connectivity index (χ2n) is 5.92. The van der Waals surface area contributed by atoms with Gasteiger partial charge in [-0.3, -0.25) is 9.69 Å². The van der Waals surface area contributed by atoms with Crippen LogP contribution in [0.1, 0.15) is 31.4 Å². The molecule has 0 bridgehead atoms. The van der Waals surface area contributed by atoms with E-state index in [2.05, 4.69) is 22.3 Å². The van der Waals surface area contributed by atoms with E-state index in [9.17, 15) is 4.79 Å². The first-order chi connectivity index (χ1) is 10.7. The summed E-state index contributed by atoms with van der Waals surface area (Å²) in [5.74, 6) is 0.725. The summed E-state index contributed by atoms with van der Waals surface area (Å²) in [7, 11) is 1.68. The molecule has 0 radical (unpaired) electrons. The van der Waals surface area contributed by atoms with Gasteiger partial charge in [-0.25, -0.2) is 0 Å². The van der Waals surface area contributed by atoms with Crippen molar-refractivity contribution in [3.63, 3.8) is 0 Å². The molecule has 1 saturated heterocycles. The number of carbonyl (C=O) groups excluding carboxylic acids is 1. The standard InChI is InChI=1S/C17H27N3O2.2ClH/c1-13(11-18)17(21)19-12-16(20-8-3-4-9-20)14-6-5-7-15(10-14)22-2;;/h5-7,10,13,16H,3-4,8-9,11-12,18H2,1-2H3,(H,19,21);2*1H. The first-order valence-corrected chi connectivity index (χ1v) is 8.01. The summed E-state index contributed by atoms with van der Waals surface area (Å²) in [6.07, 6.45) is 2.43. The van der Waals surface area contributed by atoms with Crippen molar-refractivity contribution >= 4 is 30.7 Å². The van der Waals surface area contributed by atoms with Crippen molar-refractivity contribution < 1.29 is 9.53 Å². The van der Waals surface area contributed by atoms with E-state index in [1.165, 1.54) is 18.4 Å². The largest absolute Gasteiger partial charge is 0.497 e. The number of likely N-dealkylation sites (tertiary alicyclic amines) is 1. The van der Waals surface area contributed by atoms with Crippen molar-refractivity contribution in [2.45, 2.75) is 25.8 Å². The number of ether oxygens (including phenoxy) is 1. The smallest absolute Gasteiger partial charge is 0.224 e. The monoisotopic (exact) mass is 377 g/mol. The average Bonchev–Trinajstić information content (AvgIpc) is 3.08. The minimum absolute atomic E-state index is 0. The van der Waals surface area contributed by atoms with Gasteiger partial charge in [-0.05, 0) is 43.6 Å². The molecule has 1 fully saturated rings. The van der Waals surface area contributed by atoms with Crippen LogP contribution in [0.4, 0.5) is 0 Å². The van der Waals surface area contributed by atoms with Crippen LogP contribution < -0.4 is 15.8 Å². The van der Waals surface area contributed by atoms with E-state index < -0.39 is 0 Å². The van der Waals surface area contributed by atoms with Gasteiger partial charge in [-0.2, -0.15) is 0 Å². The van der Waals surface area contributed by atoms with Gasteiger partial charge < -0.3 is 15.8 Å². The van der Waals surface area contributed by atoms with Crippen LogP contribution in [0.2, 0.25) is 0 Å². The Kier molecular flexibility index (Phi) is 11.0. The van der Waals surface area contributed by atoms with E-state index in [1.54, 1.807) is 7.11 Å². The Hall–Kier alpha value is -1.01. The Balaban J connectivity index is 0.00000264. The zero-order valence-corrected chi connectivity index (χ0v) is 16.0. The number of methoxy groups -OCH3 is 1. The maximum Gasteiger partial charge on any atom is 0.224 e. The highest BCUT2D eigenvalue weighted by atomic mass is 35.5. The van der Waals surface area contributed by atoms with Crippen molar-refractivity contribution in [3.05, 3.63) is 29.8 Å². The number of nitrogens with two attached hydrogens (primary N) is 1. The summed E-state index contributed by atoms with van der Waals surface area (Å²) >= 11 is 0. The van der Waals surface area contributed by atoms with Crippen LogP contribution in [0.5, 0.6) is 5.75 Å². The van der Waals surface area contributed by atoms with Gasteiger partial charge in [0, 0.05) is 19.0 Å². The van der Waals surface area contributed by atoms with Crippen LogP contribution in [-0.2, 0) is 4.79 Å². The van der Waals surface area contributed by atoms with E-state index in [0.717, 1.165) is 18.8 Å². The maximum atomic E-state index is 12.0. The summed E-state index contributed by atoms with van der Waals surface area (Å²) in [5.41, 5.74) is 6.75. The number of halogens is 2. The first-order valence-electron chi connectivity index (χ1n) is 8.01. The molecular weight excluding hydrogens is 349 g/mol. The maximum absolute atomic E-state index is 12.0. The van der Waals surface area contributed by atoms with Gasteiger partial charge in [0.1, 0.15) is 5.75 Å². The van der Waals surface area contributed by atoms with Crippen LogP contribution in [0, 0.1) is 5.92 Å². The van der Waals surface area contributed by atoms with Crippen LogP contribution >= 0.6 is 24.8 Å². The van der Waals surface area contributed by atoms with Crippen LogP contribution in [0.3, 0.4) is 0 Å². The molecule has 2 atom stereocenters. The molecule has 2 unspecified atom stereocenters. The van der Waals surface area contributed by atoms with Crippen molar-refractivity contribution in [2.24, 2.45) is 11.7 Å².